The number of nitrogens with one attached hydrogen (secondary N) is 1. The average molecular weight is 257 g/mol. The van der Waals surface area contributed by atoms with Gasteiger partial charge in [0, 0.05) is 18.1 Å². The molecule has 1 aromatic heterocycles. The van der Waals surface area contributed by atoms with E-state index in [1.165, 1.54) is 32.2 Å². The molecule has 0 saturated heterocycles. The SMILES string of the molecule is CN(C(=O)NCc1cncs1)C(C)(C)C(=O)O. The standard InChI is InChI=1S/C10H15N3O3S/c1-10(2,8(14)15)13(3)9(16)12-5-7-4-11-6-17-7/h4,6H,5H2,1-3H3,(H,12,16)(H,14,15). The van der Waals surface area contributed by atoms with Gasteiger partial charge < -0.3 is 15.3 Å². The fourth-order valence-corrected chi connectivity index (χ4v) is 1.54. The molecule has 94 valence electrons. The van der Waals surface area contributed by atoms with Crippen molar-refractivity contribution in [2.75, 3.05) is 7.05 Å². The zero-order valence-electron chi connectivity index (χ0n) is 9.93. The quantitative estimate of drug-likeness (QED) is 0.847. The zero-order valence-corrected chi connectivity index (χ0v) is 10.7. The Hall–Kier alpha value is -1.63. The van der Waals surface area contributed by atoms with Gasteiger partial charge in [0.2, 0.25) is 0 Å². The number of carboxylic acids is 1. The lowest BCUT2D eigenvalue weighted by Gasteiger charge is -2.31. The minimum atomic E-state index is -1.24. The first-order valence-electron chi connectivity index (χ1n) is 4.98. The number of rotatable bonds is 4. The van der Waals surface area contributed by atoms with Gasteiger partial charge in [-0.2, -0.15) is 0 Å². The first kappa shape index (κ1) is 13.4. The van der Waals surface area contributed by atoms with Gasteiger partial charge in [0.25, 0.3) is 0 Å². The van der Waals surface area contributed by atoms with Gasteiger partial charge in [-0.1, -0.05) is 0 Å². The Kier molecular flexibility index (Phi) is 4.06. The van der Waals surface area contributed by atoms with Gasteiger partial charge in [0.1, 0.15) is 5.54 Å². The van der Waals surface area contributed by atoms with Crippen LogP contribution in [0.1, 0.15) is 18.7 Å². The maximum Gasteiger partial charge on any atom is 0.329 e. The van der Waals surface area contributed by atoms with Crippen LogP contribution < -0.4 is 5.32 Å². The number of hydrogen-bond acceptors (Lipinski definition) is 4. The van der Waals surface area contributed by atoms with Crippen LogP contribution in [0.4, 0.5) is 4.79 Å². The van der Waals surface area contributed by atoms with Crippen LogP contribution in [0.3, 0.4) is 0 Å². The lowest BCUT2D eigenvalue weighted by atomic mass is 10.1. The monoisotopic (exact) mass is 257 g/mol. The third-order valence-electron chi connectivity index (χ3n) is 2.56. The van der Waals surface area contributed by atoms with E-state index in [1.54, 1.807) is 11.7 Å². The molecule has 0 bridgehead atoms. The van der Waals surface area contributed by atoms with Crippen molar-refractivity contribution >= 4 is 23.3 Å². The van der Waals surface area contributed by atoms with E-state index in [2.05, 4.69) is 10.3 Å². The molecule has 1 heterocycles. The lowest BCUT2D eigenvalue weighted by molar-refractivity contribution is -0.146. The second-order valence-corrected chi connectivity index (χ2v) is 5.02. The number of carboxylic acid groups (broad SMARTS) is 1. The number of carbonyl (C=O) groups is 2. The van der Waals surface area contributed by atoms with Crippen molar-refractivity contribution in [2.24, 2.45) is 0 Å². The highest BCUT2D eigenvalue weighted by Crippen LogP contribution is 2.13. The number of aromatic nitrogens is 1. The topological polar surface area (TPSA) is 82.5 Å². The lowest BCUT2D eigenvalue weighted by Crippen LogP contribution is -2.53. The van der Waals surface area contributed by atoms with E-state index in [9.17, 15) is 9.59 Å². The van der Waals surface area contributed by atoms with Crippen molar-refractivity contribution in [3.05, 3.63) is 16.6 Å². The predicted molar refractivity (Wildman–Crippen MR) is 63.8 cm³/mol. The van der Waals surface area contributed by atoms with Crippen LogP contribution in [0.2, 0.25) is 0 Å². The van der Waals surface area contributed by atoms with E-state index >= 15 is 0 Å². The average Bonchev–Trinajstić information content (AvgIpc) is 2.77. The predicted octanol–water partition coefficient (Wildman–Crippen LogP) is 1.15. The van der Waals surface area contributed by atoms with Gasteiger partial charge >= 0.3 is 12.0 Å². The van der Waals surface area contributed by atoms with Crippen molar-refractivity contribution in [3.63, 3.8) is 0 Å². The van der Waals surface area contributed by atoms with Crippen molar-refractivity contribution in [1.29, 1.82) is 0 Å². The first-order valence-corrected chi connectivity index (χ1v) is 5.86. The Labute approximate surface area is 103 Å². The van der Waals surface area contributed by atoms with Gasteiger partial charge in [-0.15, -0.1) is 11.3 Å². The van der Waals surface area contributed by atoms with E-state index in [0.29, 0.717) is 6.54 Å². The summed E-state index contributed by atoms with van der Waals surface area (Å²) in [5, 5.41) is 11.6. The molecule has 0 spiro atoms. The molecule has 0 aromatic carbocycles. The molecule has 0 atom stereocenters. The second-order valence-electron chi connectivity index (χ2n) is 4.05. The van der Waals surface area contributed by atoms with E-state index < -0.39 is 17.5 Å². The molecule has 0 aliphatic carbocycles. The highest BCUT2D eigenvalue weighted by molar-refractivity contribution is 7.09. The fourth-order valence-electron chi connectivity index (χ4n) is 1.01. The summed E-state index contributed by atoms with van der Waals surface area (Å²) in [4.78, 5) is 28.7. The maximum atomic E-state index is 11.7. The summed E-state index contributed by atoms with van der Waals surface area (Å²) < 4.78 is 0. The minimum Gasteiger partial charge on any atom is -0.480 e. The Bertz CT molecular complexity index is 403. The maximum absolute atomic E-state index is 11.7. The molecule has 0 fully saturated rings. The molecule has 2 N–H and O–H groups in total. The van der Waals surface area contributed by atoms with Gasteiger partial charge in [-0.25, -0.2) is 9.59 Å². The summed E-state index contributed by atoms with van der Waals surface area (Å²) in [7, 11) is 1.45. The van der Waals surface area contributed by atoms with Crippen LogP contribution in [0.15, 0.2) is 11.7 Å². The highest BCUT2D eigenvalue weighted by atomic mass is 32.1. The Morgan fingerprint density at radius 1 is 1.59 bits per heavy atom. The molecule has 2 amide bonds. The molecule has 1 rings (SSSR count). The van der Waals surface area contributed by atoms with Crippen molar-refractivity contribution in [3.8, 4) is 0 Å². The van der Waals surface area contributed by atoms with Crippen LogP contribution in [0.5, 0.6) is 0 Å². The Balaban J connectivity index is 2.56. The third kappa shape index (κ3) is 3.16. The second kappa shape index (κ2) is 5.13. The van der Waals surface area contributed by atoms with E-state index in [1.807, 2.05) is 0 Å². The summed E-state index contributed by atoms with van der Waals surface area (Å²) in [6, 6.07) is -0.425. The van der Waals surface area contributed by atoms with Crippen LogP contribution in [-0.2, 0) is 11.3 Å². The smallest absolute Gasteiger partial charge is 0.329 e. The molecule has 0 saturated carbocycles. The number of aliphatic carboxylic acids is 1. The van der Waals surface area contributed by atoms with E-state index in [4.69, 9.17) is 5.11 Å². The number of carbonyl (C=O) groups excluding carboxylic acids is 1. The minimum absolute atomic E-state index is 0.351. The number of hydrogen-bond donors (Lipinski definition) is 2. The molecule has 17 heavy (non-hydrogen) atoms. The van der Waals surface area contributed by atoms with Gasteiger partial charge in [-0.3, -0.25) is 4.98 Å². The first-order chi connectivity index (χ1) is 7.85. The molecule has 6 nitrogen and oxygen atoms in total. The molecule has 1 aromatic rings. The van der Waals surface area contributed by atoms with Crippen molar-refractivity contribution < 1.29 is 14.7 Å². The van der Waals surface area contributed by atoms with Crippen LogP contribution in [0, 0.1) is 0 Å². The Morgan fingerprint density at radius 3 is 2.71 bits per heavy atom. The van der Waals surface area contributed by atoms with Crippen LogP contribution in [0.25, 0.3) is 0 Å². The molecule has 0 unspecified atom stereocenters. The molecule has 0 aliphatic rings. The van der Waals surface area contributed by atoms with Crippen LogP contribution >= 0.6 is 11.3 Å². The number of urea groups is 1. The summed E-state index contributed by atoms with van der Waals surface area (Å²) >= 11 is 1.43. The largest absolute Gasteiger partial charge is 0.480 e. The number of thiazole rings is 1. The van der Waals surface area contributed by atoms with E-state index in [-0.39, 0.29) is 0 Å². The zero-order chi connectivity index (χ0) is 13.1. The van der Waals surface area contributed by atoms with Gasteiger partial charge in [-0.05, 0) is 13.8 Å². The van der Waals surface area contributed by atoms with E-state index in [0.717, 1.165) is 9.78 Å². The number of amides is 2. The molecule has 0 radical (unpaired) electrons. The normalized spacial score (nSPS) is 11.0. The molecular formula is C10H15N3O3S. The summed E-state index contributed by atoms with van der Waals surface area (Å²) in [6.07, 6.45) is 1.66. The number of nitrogens with zero attached hydrogens (tertiary/aromatic N) is 2. The fraction of sp³-hybridized carbons (Fsp3) is 0.500. The number of likely N-dealkylation sites (N-methyl/N-ethyl adjacent to an activating group) is 1. The third-order valence-corrected chi connectivity index (χ3v) is 3.34. The highest BCUT2D eigenvalue weighted by Gasteiger charge is 2.35. The summed E-state index contributed by atoms with van der Waals surface area (Å²) in [6.45, 7) is 3.30. The van der Waals surface area contributed by atoms with Gasteiger partial charge in [0.05, 0.1) is 12.1 Å². The molecule has 7 heteroatoms. The van der Waals surface area contributed by atoms with Gasteiger partial charge in [0.15, 0.2) is 0 Å². The summed E-state index contributed by atoms with van der Waals surface area (Å²) in [5.74, 6) is -1.05. The summed E-state index contributed by atoms with van der Waals surface area (Å²) in [5.41, 5.74) is 0.435. The molecule has 0 aliphatic heterocycles. The molecular weight excluding hydrogens is 242 g/mol. The van der Waals surface area contributed by atoms with Crippen molar-refractivity contribution in [2.45, 2.75) is 25.9 Å². The Morgan fingerprint density at radius 2 is 2.24 bits per heavy atom. The van der Waals surface area contributed by atoms with Crippen molar-refractivity contribution in [1.82, 2.24) is 15.2 Å². The van der Waals surface area contributed by atoms with Crippen LogP contribution in [-0.4, -0.2) is 39.6 Å².